The largest absolute Gasteiger partial charge is 0.496 e. The first-order valence-electron chi connectivity index (χ1n) is 7.15. The van der Waals surface area contributed by atoms with Crippen molar-refractivity contribution in [2.75, 3.05) is 7.11 Å². The zero-order valence-electron chi connectivity index (χ0n) is 13.6. The van der Waals surface area contributed by atoms with E-state index in [0.717, 1.165) is 6.08 Å². The van der Waals surface area contributed by atoms with Crippen molar-refractivity contribution in [2.24, 2.45) is 0 Å². The lowest BCUT2D eigenvalue weighted by atomic mass is 10.1. The minimum atomic E-state index is -3.97. The van der Waals surface area contributed by atoms with E-state index in [0.29, 0.717) is 22.6 Å². The summed E-state index contributed by atoms with van der Waals surface area (Å²) in [5.74, 6) is -0.152. The first kappa shape index (κ1) is 17.7. The first-order chi connectivity index (χ1) is 11.3. The van der Waals surface area contributed by atoms with Gasteiger partial charge in [0.15, 0.2) is 0 Å². The summed E-state index contributed by atoms with van der Waals surface area (Å²) in [5, 5.41) is 0. The van der Waals surface area contributed by atoms with Gasteiger partial charge in [-0.3, -0.25) is 9.78 Å². The van der Waals surface area contributed by atoms with Crippen molar-refractivity contribution in [3.05, 3.63) is 59.4 Å². The van der Waals surface area contributed by atoms with E-state index in [1.807, 2.05) is 4.72 Å². The van der Waals surface area contributed by atoms with Crippen LogP contribution in [0.5, 0.6) is 5.75 Å². The molecule has 0 aliphatic heterocycles. The van der Waals surface area contributed by atoms with Gasteiger partial charge in [-0.1, -0.05) is 6.07 Å². The van der Waals surface area contributed by atoms with Gasteiger partial charge in [-0.05, 0) is 55.3 Å². The van der Waals surface area contributed by atoms with Crippen LogP contribution in [0, 0.1) is 13.8 Å². The monoisotopic (exact) mass is 346 g/mol. The molecular formula is C17H18N2O4S. The summed E-state index contributed by atoms with van der Waals surface area (Å²) < 4.78 is 32.0. The molecule has 2 rings (SSSR count). The van der Waals surface area contributed by atoms with Gasteiger partial charge in [-0.25, -0.2) is 13.1 Å². The molecule has 24 heavy (non-hydrogen) atoms. The van der Waals surface area contributed by atoms with E-state index < -0.39 is 15.9 Å². The number of aromatic nitrogens is 1. The second kappa shape index (κ2) is 7.27. The maximum Gasteiger partial charge on any atom is 0.264 e. The normalized spacial score (nSPS) is 11.5. The van der Waals surface area contributed by atoms with Crippen molar-refractivity contribution in [3.8, 4) is 5.75 Å². The highest BCUT2D eigenvalue weighted by Crippen LogP contribution is 2.26. The molecule has 1 aromatic heterocycles. The van der Waals surface area contributed by atoms with Gasteiger partial charge in [-0.2, -0.15) is 0 Å². The zero-order valence-corrected chi connectivity index (χ0v) is 14.4. The van der Waals surface area contributed by atoms with Crippen molar-refractivity contribution in [1.82, 2.24) is 9.71 Å². The van der Waals surface area contributed by atoms with E-state index in [2.05, 4.69) is 4.98 Å². The molecule has 1 N–H and O–H groups in total. The van der Waals surface area contributed by atoms with Crippen LogP contribution in [0.15, 0.2) is 47.5 Å². The quantitative estimate of drug-likeness (QED) is 0.839. The Hall–Kier alpha value is -2.67. The number of amides is 1. The molecule has 126 valence electrons. The molecule has 1 amide bonds. The Bertz CT molecular complexity index is 875. The lowest BCUT2D eigenvalue weighted by Crippen LogP contribution is -2.29. The first-order valence-corrected chi connectivity index (χ1v) is 8.63. The van der Waals surface area contributed by atoms with E-state index >= 15 is 0 Å². The average molecular weight is 346 g/mol. The summed E-state index contributed by atoms with van der Waals surface area (Å²) in [6.45, 7) is 3.43. The van der Waals surface area contributed by atoms with Crippen molar-refractivity contribution < 1.29 is 17.9 Å². The number of pyridine rings is 1. The number of rotatable bonds is 5. The van der Waals surface area contributed by atoms with E-state index in [9.17, 15) is 13.2 Å². The molecule has 0 unspecified atom stereocenters. The number of carbonyl (C=O) groups excluding carboxylic acids is 1. The molecule has 1 aromatic carbocycles. The summed E-state index contributed by atoms with van der Waals surface area (Å²) in [5.41, 5.74) is 1.79. The smallest absolute Gasteiger partial charge is 0.264 e. The molecule has 0 aliphatic rings. The zero-order chi connectivity index (χ0) is 17.7. The number of ether oxygens (including phenoxy) is 1. The van der Waals surface area contributed by atoms with Gasteiger partial charge in [0.05, 0.1) is 17.7 Å². The second-order valence-electron chi connectivity index (χ2n) is 5.07. The van der Waals surface area contributed by atoms with Crippen LogP contribution < -0.4 is 9.46 Å². The van der Waals surface area contributed by atoms with E-state index in [1.54, 1.807) is 44.3 Å². The molecule has 0 spiro atoms. The van der Waals surface area contributed by atoms with Gasteiger partial charge in [0.25, 0.3) is 15.9 Å². The molecule has 0 aliphatic carbocycles. The molecule has 0 bridgehead atoms. The third-order valence-electron chi connectivity index (χ3n) is 3.53. The van der Waals surface area contributed by atoms with Gasteiger partial charge in [0.1, 0.15) is 5.75 Å². The fraction of sp³-hybridized carbons (Fsp3) is 0.176. The number of hydrogen-bond donors (Lipinski definition) is 1. The van der Waals surface area contributed by atoms with Gasteiger partial charge in [-0.15, -0.1) is 0 Å². The van der Waals surface area contributed by atoms with Gasteiger partial charge in [0, 0.05) is 12.3 Å². The second-order valence-corrected chi connectivity index (χ2v) is 6.72. The minimum absolute atomic E-state index is 0.0420. The summed E-state index contributed by atoms with van der Waals surface area (Å²) in [6.07, 6.45) is 4.15. The Morgan fingerprint density at radius 3 is 2.54 bits per heavy atom. The fourth-order valence-corrected chi connectivity index (χ4v) is 3.39. The Labute approximate surface area is 141 Å². The third-order valence-corrected chi connectivity index (χ3v) is 5.02. The highest BCUT2D eigenvalue weighted by Gasteiger charge is 2.21. The number of methoxy groups -OCH3 is 1. The fourth-order valence-electron chi connectivity index (χ4n) is 2.14. The lowest BCUT2D eigenvalue weighted by Gasteiger charge is -2.13. The molecule has 0 saturated carbocycles. The number of nitrogens with zero attached hydrogens (tertiary/aromatic N) is 1. The van der Waals surface area contributed by atoms with Gasteiger partial charge in [0.2, 0.25) is 0 Å². The van der Waals surface area contributed by atoms with Crippen LogP contribution in [-0.2, 0) is 14.8 Å². The Morgan fingerprint density at radius 2 is 1.92 bits per heavy atom. The van der Waals surface area contributed by atoms with Crippen LogP contribution in [0.25, 0.3) is 6.08 Å². The molecule has 6 nitrogen and oxygen atoms in total. The maximum absolute atomic E-state index is 12.4. The molecule has 0 fully saturated rings. The highest BCUT2D eigenvalue weighted by molar-refractivity contribution is 7.90. The topological polar surface area (TPSA) is 85.4 Å². The van der Waals surface area contributed by atoms with Crippen LogP contribution in [-0.4, -0.2) is 26.4 Å². The molecule has 0 saturated heterocycles. The maximum atomic E-state index is 12.4. The van der Waals surface area contributed by atoms with Crippen LogP contribution in [0.1, 0.15) is 16.8 Å². The predicted octanol–water partition coefficient (Wildman–Crippen LogP) is 2.23. The summed E-state index contributed by atoms with van der Waals surface area (Å²) in [4.78, 5) is 16.0. The van der Waals surface area contributed by atoms with Gasteiger partial charge >= 0.3 is 0 Å². The minimum Gasteiger partial charge on any atom is -0.496 e. The number of hydrogen-bond acceptors (Lipinski definition) is 5. The molecule has 2 aromatic rings. The molecule has 0 atom stereocenters. The highest BCUT2D eigenvalue weighted by atomic mass is 32.2. The van der Waals surface area contributed by atoms with Crippen molar-refractivity contribution in [1.29, 1.82) is 0 Å². The van der Waals surface area contributed by atoms with Crippen molar-refractivity contribution in [2.45, 2.75) is 18.7 Å². The summed E-state index contributed by atoms with van der Waals surface area (Å²) in [7, 11) is -2.45. The lowest BCUT2D eigenvalue weighted by molar-refractivity contribution is -0.114. The molecular weight excluding hydrogens is 328 g/mol. The van der Waals surface area contributed by atoms with E-state index in [1.165, 1.54) is 19.3 Å². The Kier molecular flexibility index (Phi) is 5.35. The van der Waals surface area contributed by atoms with E-state index in [-0.39, 0.29) is 4.90 Å². The SMILES string of the molecule is COc1ccc(S(=O)(=O)NC(=O)C=Cc2ccccn2)c(C)c1C. The van der Waals surface area contributed by atoms with Crippen LogP contribution in [0.4, 0.5) is 0 Å². The number of benzene rings is 1. The molecule has 0 radical (unpaired) electrons. The number of sulfonamides is 1. The summed E-state index contributed by atoms with van der Waals surface area (Å²) >= 11 is 0. The average Bonchev–Trinajstić information content (AvgIpc) is 2.55. The molecule has 7 heteroatoms. The molecule has 1 heterocycles. The number of carbonyl (C=O) groups is 1. The summed E-state index contributed by atoms with van der Waals surface area (Å²) in [6, 6.07) is 8.20. The predicted molar refractivity (Wildman–Crippen MR) is 91.1 cm³/mol. The standard InChI is InChI=1S/C17H18N2O4S/c1-12-13(2)16(9-8-15(12)23-3)24(21,22)19-17(20)10-7-14-6-4-5-11-18-14/h4-11H,1-3H3,(H,19,20). The van der Waals surface area contributed by atoms with Crippen LogP contribution in [0.2, 0.25) is 0 Å². The van der Waals surface area contributed by atoms with Gasteiger partial charge < -0.3 is 4.74 Å². The van der Waals surface area contributed by atoms with Crippen LogP contribution in [0.3, 0.4) is 0 Å². The van der Waals surface area contributed by atoms with Crippen LogP contribution >= 0.6 is 0 Å². The Morgan fingerprint density at radius 1 is 1.17 bits per heavy atom. The van der Waals surface area contributed by atoms with Crippen molar-refractivity contribution in [3.63, 3.8) is 0 Å². The van der Waals surface area contributed by atoms with Crippen molar-refractivity contribution >= 4 is 22.0 Å². The Balaban J connectivity index is 2.21. The van der Waals surface area contributed by atoms with E-state index in [4.69, 9.17) is 4.74 Å². The number of nitrogens with one attached hydrogen (secondary N) is 1. The third kappa shape index (κ3) is 3.99.